The first-order valence-corrected chi connectivity index (χ1v) is 3.67. The third-order valence-electron chi connectivity index (χ3n) is 0. The van der Waals surface area contributed by atoms with E-state index in [2.05, 4.69) is 0 Å². The Bertz CT molecular complexity index is 74.4. The van der Waals surface area contributed by atoms with Crippen molar-refractivity contribution in [3.8, 4) is 0 Å². The third kappa shape index (κ3) is 545. The molecular weight excluding hydrogens is 263 g/mol. The molecule has 0 heterocycles. The van der Waals surface area contributed by atoms with Gasteiger partial charge in [-0.3, -0.25) is 0 Å². The Balaban J connectivity index is -0.0000000171. The van der Waals surface area contributed by atoms with Gasteiger partial charge in [-0.1, -0.05) is 0 Å². The monoisotopic (exact) mass is 265 g/mol. The summed E-state index contributed by atoms with van der Waals surface area (Å²) in [7, 11) is -7.26. The van der Waals surface area contributed by atoms with Crippen molar-refractivity contribution in [3.63, 3.8) is 0 Å². The molecule has 1 radical (unpaired) electrons. The van der Waals surface area contributed by atoms with Crippen molar-refractivity contribution in [2.75, 3.05) is 0 Å². The van der Waals surface area contributed by atoms with Crippen LogP contribution in [0.3, 0.4) is 0 Å². The van der Waals surface area contributed by atoms with Crippen molar-refractivity contribution < 1.29 is 102 Å². The van der Waals surface area contributed by atoms with Gasteiger partial charge in [0.1, 0.15) is 0 Å². The SMILES string of the molecule is O.O=[Si]([O-])[O-].O=[Si]([O-])[O-].[Fe+3].[K+]. The summed E-state index contributed by atoms with van der Waals surface area (Å²) < 4.78 is 17.0. The zero-order valence-corrected chi connectivity index (χ0v) is 11.5. The van der Waals surface area contributed by atoms with Gasteiger partial charge in [-0.2, -0.15) is 0 Å². The van der Waals surface area contributed by atoms with Crippen molar-refractivity contribution in [1.82, 2.24) is 0 Å². The summed E-state index contributed by atoms with van der Waals surface area (Å²) >= 11 is 0. The molecule has 0 amide bonds. The molecule has 0 saturated carbocycles. The molecule has 7 nitrogen and oxygen atoms in total. The summed E-state index contributed by atoms with van der Waals surface area (Å²) in [6.45, 7) is 0. The van der Waals surface area contributed by atoms with E-state index in [1.807, 2.05) is 0 Å². The van der Waals surface area contributed by atoms with Gasteiger partial charge in [-0.25, -0.2) is 0 Å². The van der Waals surface area contributed by atoms with Crippen LogP contribution >= 0.6 is 0 Å². The van der Waals surface area contributed by atoms with Crippen LogP contribution in [-0.2, 0) is 26.0 Å². The van der Waals surface area contributed by atoms with Gasteiger partial charge >= 0.3 is 68.5 Å². The molecule has 0 atom stereocenters. The topological polar surface area (TPSA) is 158 Å². The molecule has 0 aromatic heterocycles. The van der Waals surface area contributed by atoms with Gasteiger partial charge in [0.05, 0.1) is 0 Å². The predicted octanol–water partition coefficient (Wildman–Crippen LogP) is -9.58. The van der Waals surface area contributed by atoms with Crippen LogP contribution in [0.25, 0.3) is 0 Å². The minimum Gasteiger partial charge on any atom is -0.672 e. The van der Waals surface area contributed by atoms with E-state index in [4.69, 9.17) is 28.1 Å². The standard InChI is InChI=1S/Fe.K.2O3Si.H2O/c;;2*1-4(2)3;/h;;;;1H2/q+3;+1;2*-2;. The summed E-state index contributed by atoms with van der Waals surface area (Å²) in [5.74, 6) is 0. The van der Waals surface area contributed by atoms with E-state index in [0.29, 0.717) is 0 Å². The second-order valence-corrected chi connectivity index (χ2v) is 1.50. The molecule has 0 rings (SSSR count). The number of hydrogen-bond donors (Lipinski definition) is 0. The van der Waals surface area contributed by atoms with Crippen molar-refractivity contribution in [2.45, 2.75) is 0 Å². The predicted molar refractivity (Wildman–Crippen MR) is 16.5 cm³/mol. The first-order valence-electron chi connectivity index (χ1n) is 1.22. The third-order valence-corrected chi connectivity index (χ3v) is 0. The molecule has 0 aliphatic carbocycles. The maximum Gasteiger partial charge on any atom is 3.00 e. The van der Waals surface area contributed by atoms with E-state index in [9.17, 15) is 0 Å². The Kier molecular flexibility index (Phi) is 60.3. The van der Waals surface area contributed by atoms with Gasteiger partial charge in [0.25, 0.3) is 0 Å². The molecule has 0 fully saturated rings. The number of rotatable bonds is 0. The van der Waals surface area contributed by atoms with Gasteiger partial charge in [0.2, 0.25) is 0 Å². The van der Waals surface area contributed by atoms with Crippen molar-refractivity contribution in [2.24, 2.45) is 0 Å². The summed E-state index contributed by atoms with van der Waals surface area (Å²) in [6.07, 6.45) is 0. The molecule has 0 bridgehead atoms. The van der Waals surface area contributed by atoms with E-state index in [0.717, 1.165) is 0 Å². The molecule has 0 saturated heterocycles. The Labute approximate surface area is 118 Å². The van der Waals surface area contributed by atoms with Crippen LogP contribution in [0.15, 0.2) is 0 Å². The Morgan fingerprint density at radius 2 is 0.818 bits per heavy atom. The normalized spacial score (nSPS) is 4.36. The molecule has 11 heavy (non-hydrogen) atoms. The van der Waals surface area contributed by atoms with Crippen LogP contribution < -0.4 is 70.6 Å². The molecule has 61 valence electrons. The molecule has 0 aromatic carbocycles. The maximum absolute atomic E-state index is 8.52. The fourth-order valence-corrected chi connectivity index (χ4v) is 0. The van der Waals surface area contributed by atoms with Gasteiger partial charge in [-0.05, 0) is 0 Å². The largest absolute Gasteiger partial charge is 3.00 e. The van der Waals surface area contributed by atoms with Gasteiger partial charge in [-0.15, -0.1) is 0 Å². The molecule has 2 N–H and O–H groups in total. The molecule has 0 spiro atoms. The van der Waals surface area contributed by atoms with Crippen LogP contribution in [0.5, 0.6) is 0 Å². The van der Waals surface area contributed by atoms with Crippen LogP contribution in [0.2, 0.25) is 0 Å². The minimum absolute atomic E-state index is 0. The summed E-state index contributed by atoms with van der Waals surface area (Å²) in [5, 5.41) is 0. The Morgan fingerprint density at radius 3 is 0.818 bits per heavy atom. The zero-order valence-electron chi connectivity index (χ0n) is 5.30. The zero-order chi connectivity index (χ0) is 7.15. The van der Waals surface area contributed by atoms with Gasteiger partial charge in [0, 0.05) is 18.3 Å². The van der Waals surface area contributed by atoms with Crippen molar-refractivity contribution in [3.05, 3.63) is 0 Å². The van der Waals surface area contributed by atoms with E-state index in [1.54, 1.807) is 0 Å². The van der Waals surface area contributed by atoms with E-state index in [-0.39, 0.29) is 73.9 Å². The average molecular weight is 265 g/mol. The van der Waals surface area contributed by atoms with Crippen LogP contribution in [0.1, 0.15) is 0 Å². The van der Waals surface area contributed by atoms with E-state index >= 15 is 0 Å². The number of hydrogen-bond acceptors (Lipinski definition) is 6. The molecule has 11 heteroatoms. The van der Waals surface area contributed by atoms with Gasteiger partial charge < -0.3 is 33.6 Å². The van der Waals surface area contributed by atoms with Crippen LogP contribution in [-0.4, -0.2) is 23.8 Å². The van der Waals surface area contributed by atoms with Crippen molar-refractivity contribution >= 4 is 18.3 Å². The van der Waals surface area contributed by atoms with Crippen LogP contribution in [0.4, 0.5) is 0 Å². The minimum atomic E-state index is -3.63. The second-order valence-electron chi connectivity index (χ2n) is 0.500. The summed E-state index contributed by atoms with van der Waals surface area (Å²) in [5.41, 5.74) is 0. The summed E-state index contributed by atoms with van der Waals surface area (Å²) in [4.78, 5) is 34.1. The fraction of sp³-hybridized carbons (Fsp3) is 0. The van der Waals surface area contributed by atoms with E-state index < -0.39 is 18.3 Å². The molecule has 0 aliphatic heterocycles. The van der Waals surface area contributed by atoms with Crippen molar-refractivity contribution in [1.29, 1.82) is 0 Å². The van der Waals surface area contributed by atoms with Gasteiger partial charge in [0.15, 0.2) is 0 Å². The first-order chi connectivity index (χ1) is 3.46. The average Bonchev–Trinajstić information content (AvgIpc) is 1.25. The molecule has 0 aromatic rings. The molecular formula is H2FeKO7Si2. The second kappa shape index (κ2) is 22.5. The molecule has 0 aliphatic rings. The quantitative estimate of drug-likeness (QED) is 0.395. The Hall–Kier alpha value is 1.35. The maximum atomic E-state index is 8.52. The smallest absolute Gasteiger partial charge is 0.672 e. The van der Waals surface area contributed by atoms with Crippen LogP contribution in [0, 0.1) is 0 Å². The molecule has 0 unspecified atom stereocenters. The first kappa shape index (κ1) is 29.5. The summed E-state index contributed by atoms with van der Waals surface area (Å²) in [6, 6.07) is 0. The van der Waals surface area contributed by atoms with E-state index in [1.165, 1.54) is 0 Å². The fourth-order valence-electron chi connectivity index (χ4n) is 0. The Morgan fingerprint density at radius 1 is 0.818 bits per heavy atom.